The number of carbonyl (C=O) groups excluding carboxylic acids is 3. The fourth-order valence-corrected chi connectivity index (χ4v) is 17.9. The summed E-state index contributed by atoms with van der Waals surface area (Å²) in [5.41, 5.74) is 13.0. The van der Waals surface area contributed by atoms with Crippen LogP contribution in [0.5, 0.6) is 0 Å². The second-order valence-corrected chi connectivity index (χ2v) is 37.9. The van der Waals surface area contributed by atoms with Gasteiger partial charge in [-0.05, 0) is 205 Å². The number of urea groups is 1. The number of amides is 2. The van der Waals surface area contributed by atoms with Crippen molar-refractivity contribution in [3.05, 3.63) is 315 Å². The fourth-order valence-electron chi connectivity index (χ4n) is 17.1. The molecule has 0 radical (unpaired) electrons. The summed E-state index contributed by atoms with van der Waals surface area (Å²) < 4.78 is 37.1. The number of hydrogen-bond donors (Lipinski definition) is 6. The Hall–Kier alpha value is -10.7. The number of aliphatic carboxylic acids is 1. The van der Waals surface area contributed by atoms with Crippen LogP contribution in [0.25, 0.3) is 33.5 Å². The Kier molecular flexibility index (Phi) is 45.7. The van der Waals surface area contributed by atoms with Gasteiger partial charge in [0.15, 0.2) is 56.7 Å². The molecule has 0 bridgehead atoms. The summed E-state index contributed by atoms with van der Waals surface area (Å²) in [6.07, 6.45) is 14.9. The number of halogens is 8. The predicted octanol–water partition coefficient (Wildman–Crippen LogP) is 15.1. The Morgan fingerprint density at radius 2 is 0.882 bits per heavy atom. The summed E-state index contributed by atoms with van der Waals surface area (Å²) >= 11 is 38.0. The number of nitrogens with zero attached hydrogens (tertiary/aromatic N) is 15. The minimum atomic E-state index is -1.00. The number of aromatic amines is 1. The number of aliphatic hydroxyl groups is 1. The van der Waals surface area contributed by atoms with Gasteiger partial charge in [0.2, 0.25) is 5.28 Å². The molecule has 5 saturated carbocycles. The molecular formula is C102H122Cl6FIN19NaO14. The van der Waals surface area contributed by atoms with Crippen molar-refractivity contribution in [1.29, 1.82) is 0 Å². The van der Waals surface area contributed by atoms with Gasteiger partial charge < -0.3 is 53.9 Å². The number of hydrogen-bond acceptors (Lipinski definition) is 19. The molecule has 42 heteroatoms. The first-order valence-electron chi connectivity index (χ1n) is 46.8. The molecule has 7 N–H and O–H groups in total. The van der Waals surface area contributed by atoms with Crippen LogP contribution < -0.4 is 84.8 Å². The molecule has 5 aliphatic rings. The number of anilines is 2. The molecule has 0 atom stereocenters. The van der Waals surface area contributed by atoms with Crippen LogP contribution in [0.3, 0.4) is 0 Å². The third-order valence-corrected chi connectivity index (χ3v) is 26.0. The van der Waals surface area contributed by atoms with Crippen molar-refractivity contribution in [2.45, 2.75) is 197 Å². The summed E-state index contributed by atoms with van der Waals surface area (Å²) in [4.78, 5) is 148. The number of aryl methyl sites for hydroxylation is 2. The fraction of sp³-hybridized carbons (Fsp3) is 0.402. The van der Waals surface area contributed by atoms with E-state index in [9.17, 15) is 52.3 Å². The number of fused-ring (bicyclic) bond motifs is 3. The number of imidazole rings is 5. The van der Waals surface area contributed by atoms with Gasteiger partial charge in [-0.1, -0.05) is 214 Å². The van der Waals surface area contributed by atoms with Crippen LogP contribution in [0.15, 0.2) is 206 Å². The standard InChI is InChI=1S/C24H25ClN4O3.C18H18Cl2N4O2.C18H19ClN4O2.C17H17ClN4O2.C12H12ClN3O.C6H10O2.C2H6O.C2H5O.CH3F.CH3I.CH4.Na/c1-16(30)22-23(26-15-29(22)13-17-7-9-19(25)10-8-17)28-24(31)27-20-11-21(12-20)32-14-18-5-3-2-4-6-18;1-10-7-13(8-10)24-16(25)14-15(22(2)18(24)26)21-17(20)23(14)9-11-3-5-12(19)6-4-11;1-11-7-14(8-11)23-17(24)15-16(21(2)18(23)25)20-10-22(15)9-12-3-5-13(19)6-4-12;1-10-6-13(7-10)22-16(23)14-15(20-17(22)24)19-9-21(14)8-11-2-4-12(18)5-3-11;1-8(17)11-12(14)15-7-16(11)6-9-2-4-10(13)5-3-9;1-4-2-5(3-4)6(7)8;2*1-2-3;2*1-2;;/h2-10,15,20-21H,11-14H2,1H3,(H2,27,28,31);3-6,10,13H,7-9H2,1-2H3;3-6,10-11,14H,7-9H2,1-2H3;2-5,9-10,13H,6-8H2,1H3,(H,20,24);2-5,7H,6,14H2,1H3;4-5H,2-3H2,1H3,(H,7,8);3H,2H2,1H3;2H2,1H3;2*1H3;1H4;/q;;;;;;;-1;;;;+1/i;;;;;;;;1D;;;. The number of H-pyrrole nitrogens is 1. The van der Waals surface area contributed by atoms with Gasteiger partial charge in [0.1, 0.15) is 11.4 Å². The minimum Gasteiger partial charge on any atom is -0.855 e. The molecule has 14 aromatic rings. The summed E-state index contributed by atoms with van der Waals surface area (Å²) in [5, 5.41) is 34.0. The zero-order valence-corrected chi connectivity index (χ0v) is 90.2. The van der Waals surface area contributed by atoms with E-state index < -0.39 is 13.1 Å². The van der Waals surface area contributed by atoms with E-state index in [2.05, 4.69) is 90.8 Å². The number of Topliss-reactive ketones (excluding diaryl/α,β-unsaturated/α-hetero) is 2. The van der Waals surface area contributed by atoms with Gasteiger partial charge >= 0.3 is 58.6 Å². The van der Waals surface area contributed by atoms with Crippen molar-refractivity contribution in [2.75, 3.05) is 36.3 Å². The van der Waals surface area contributed by atoms with Gasteiger partial charge in [0.25, 0.3) is 16.7 Å². The molecule has 0 saturated heterocycles. The SMILES string of the molecule is C.CC(=O)c1c(N)ncn1Cc1ccc(Cl)cc1.CC(=O)c1c(NC(=O)NC2CC(OCc3ccccc3)C2)ncn1Cc1ccc(Cl)cc1.CC1CC(C(=O)O)C1.CC1CC(n2c(=O)[nH]c3ncn(Cc4ccc(Cl)cc4)c3c2=O)C1.CC1CC(n2c(=O)c3c(nc(Cl)n3Cc3ccc(Cl)cc3)n(C)c2=O)C1.CC1CC(n2c(=O)c3c(ncn3Cc3ccc(Cl)cc3)n(C)c2=O)C1.CCO.CC[O-].CI.[2H]CF.[Na+]. The Morgan fingerprint density at radius 1 is 0.521 bits per heavy atom. The number of rotatable bonds is 21. The maximum Gasteiger partial charge on any atom is 1.00 e. The first-order valence-corrected chi connectivity index (χ1v) is 50.5. The van der Waals surface area contributed by atoms with Gasteiger partial charge in [0.05, 0.1) is 59.0 Å². The van der Waals surface area contributed by atoms with E-state index in [4.69, 9.17) is 96.8 Å². The number of ketones is 2. The van der Waals surface area contributed by atoms with E-state index in [1.165, 1.54) is 36.7 Å². The van der Waals surface area contributed by atoms with Gasteiger partial charge in [-0.15, -0.1) is 6.61 Å². The van der Waals surface area contributed by atoms with Crippen LogP contribution in [-0.2, 0) is 63.0 Å². The molecule has 0 aliphatic heterocycles. The number of alkyl halides is 2. The van der Waals surface area contributed by atoms with Crippen molar-refractivity contribution in [3.63, 3.8) is 0 Å². The van der Waals surface area contributed by atoms with Crippen LogP contribution in [0.1, 0.15) is 201 Å². The Morgan fingerprint density at radius 3 is 1.29 bits per heavy atom. The number of nitrogens with two attached hydrogens (primary N) is 1. The monoisotopic (exact) mass is 2220 g/mol. The molecule has 8 aromatic heterocycles. The summed E-state index contributed by atoms with van der Waals surface area (Å²) in [6, 6.07) is 46.6. The number of ether oxygens (including phenoxy) is 1. The van der Waals surface area contributed by atoms with Crippen molar-refractivity contribution in [2.24, 2.45) is 43.7 Å². The number of aromatic nitrogens is 16. The molecule has 0 spiro atoms. The Labute approximate surface area is 900 Å². The number of carboxylic acids is 1. The van der Waals surface area contributed by atoms with E-state index in [1.807, 2.05) is 132 Å². The number of carbonyl (C=O) groups is 4. The first kappa shape index (κ1) is 117. The zero-order valence-electron chi connectivity index (χ0n) is 82.6. The third kappa shape index (κ3) is 31.0. The number of carboxylic acid groups (broad SMARTS) is 1. The van der Waals surface area contributed by atoms with Crippen molar-refractivity contribution in [3.8, 4) is 0 Å². The quantitative estimate of drug-likeness (QED) is 0.0128. The average Bonchev–Trinajstić information content (AvgIpc) is 1.62. The normalized spacial score (nSPS) is 17.9. The molecule has 0 unspecified atom stereocenters. The molecule has 19 rings (SSSR count). The van der Waals surface area contributed by atoms with E-state index >= 15 is 0 Å². The number of benzene rings is 6. The number of nitrogens with one attached hydrogen (secondary N) is 3. The second-order valence-electron chi connectivity index (χ2n) is 35.4. The van der Waals surface area contributed by atoms with Crippen LogP contribution >= 0.6 is 92.2 Å². The summed E-state index contributed by atoms with van der Waals surface area (Å²) in [7, 11) is 2.29. The zero-order chi connectivity index (χ0) is 104. The molecule has 5 fully saturated rings. The molecule has 8 heterocycles. The van der Waals surface area contributed by atoms with Crippen molar-refractivity contribution < 1.29 is 74.6 Å². The van der Waals surface area contributed by atoms with Crippen LogP contribution in [0.2, 0.25) is 30.4 Å². The maximum absolute atomic E-state index is 13.1. The first-order chi connectivity index (χ1) is 68.3. The van der Waals surface area contributed by atoms with Gasteiger partial charge in [-0.25, -0.2) is 39.1 Å². The summed E-state index contributed by atoms with van der Waals surface area (Å²) in [6.45, 7) is 17.8. The largest absolute Gasteiger partial charge is 1.00 e. The number of nitrogen functional groups attached to an aromatic ring is 1. The minimum absolute atomic E-state index is 0. The average molecular weight is 2220 g/mol. The molecular weight excluding hydrogens is 2100 g/mol. The van der Waals surface area contributed by atoms with Gasteiger partial charge in [-0.3, -0.25) is 66.3 Å². The molecule has 33 nitrogen and oxygen atoms in total. The van der Waals surface area contributed by atoms with E-state index in [1.54, 1.807) is 100 Å². The van der Waals surface area contributed by atoms with E-state index in [-0.39, 0.29) is 155 Å². The predicted molar refractivity (Wildman–Crippen MR) is 569 cm³/mol. The van der Waals surface area contributed by atoms with Gasteiger partial charge in [-0.2, -0.15) is 4.98 Å². The molecule has 2 amide bonds. The smallest absolute Gasteiger partial charge is 0.855 e. The molecule has 5 aliphatic carbocycles. The third-order valence-electron chi connectivity index (χ3n) is 24.4. The topological polar surface area (TPSA) is 423 Å². The van der Waals surface area contributed by atoms with Crippen LogP contribution in [0.4, 0.5) is 20.8 Å². The molecule has 144 heavy (non-hydrogen) atoms. The maximum atomic E-state index is 13.1. The summed E-state index contributed by atoms with van der Waals surface area (Å²) in [5.74, 6) is 1.89. The molecule has 766 valence electrons. The van der Waals surface area contributed by atoms with Crippen molar-refractivity contribution in [1.82, 2.24) is 80.9 Å². The van der Waals surface area contributed by atoms with Crippen LogP contribution in [0, 0.1) is 29.6 Å². The van der Waals surface area contributed by atoms with E-state index in [0.717, 1.165) is 97.6 Å². The van der Waals surface area contributed by atoms with Crippen LogP contribution in [-0.4, -0.2) is 147 Å². The van der Waals surface area contributed by atoms with Gasteiger partial charge in [0, 0.05) is 110 Å². The second kappa shape index (κ2) is 56.3. The Balaban J connectivity index is 0.000000212. The Bertz CT molecular complexity index is 7010. The number of aliphatic hydroxyl groups excluding tert-OH is 1. The van der Waals surface area contributed by atoms with Crippen molar-refractivity contribution >= 4 is 161 Å². The molecule has 6 aromatic carbocycles. The van der Waals surface area contributed by atoms with E-state index in [0.29, 0.717) is 133 Å².